The molecule has 0 saturated carbocycles. The topological polar surface area (TPSA) is 85.6 Å². The molecule has 0 saturated heterocycles. The van der Waals surface area contributed by atoms with Crippen LogP contribution in [-0.2, 0) is 19.5 Å². The zero-order valence-electron chi connectivity index (χ0n) is 12.8. The summed E-state index contributed by atoms with van der Waals surface area (Å²) in [6.07, 6.45) is 3.95. The third-order valence-corrected chi connectivity index (χ3v) is 3.57. The van der Waals surface area contributed by atoms with Gasteiger partial charge in [-0.3, -0.25) is 14.3 Å². The number of aromatic amines is 1. The molecule has 1 N–H and O–H groups in total. The molecule has 3 rings (SSSR count). The lowest BCUT2D eigenvalue weighted by Crippen LogP contribution is -2.31. The summed E-state index contributed by atoms with van der Waals surface area (Å²) in [7, 11) is 0. The molecule has 0 aliphatic heterocycles. The van der Waals surface area contributed by atoms with Gasteiger partial charge in [0, 0.05) is 11.8 Å². The normalized spacial score (nSPS) is 10.8. The van der Waals surface area contributed by atoms with Crippen molar-refractivity contribution in [2.24, 2.45) is 0 Å². The Balaban J connectivity index is 1.79. The molecule has 0 spiro atoms. The Morgan fingerprint density at radius 2 is 1.87 bits per heavy atom. The number of nitrogens with one attached hydrogen (secondary N) is 1. The molecule has 118 valence electrons. The van der Waals surface area contributed by atoms with Gasteiger partial charge in [0.15, 0.2) is 0 Å². The Kier molecular flexibility index (Phi) is 4.18. The van der Waals surface area contributed by atoms with E-state index in [1.165, 1.54) is 4.57 Å². The Morgan fingerprint density at radius 3 is 2.61 bits per heavy atom. The van der Waals surface area contributed by atoms with Gasteiger partial charge in [-0.2, -0.15) is 0 Å². The predicted molar refractivity (Wildman–Crippen MR) is 85.4 cm³/mol. The van der Waals surface area contributed by atoms with Crippen molar-refractivity contribution in [3.8, 4) is 0 Å². The molecule has 0 atom stereocenters. The van der Waals surface area contributed by atoms with E-state index in [2.05, 4.69) is 15.3 Å². The van der Waals surface area contributed by atoms with Crippen molar-refractivity contribution < 1.29 is 0 Å². The van der Waals surface area contributed by atoms with Gasteiger partial charge in [0.25, 0.3) is 5.56 Å². The highest BCUT2D eigenvalue weighted by Crippen LogP contribution is 2.03. The van der Waals surface area contributed by atoms with E-state index in [1.807, 2.05) is 37.3 Å². The second-order valence-corrected chi connectivity index (χ2v) is 5.29. The molecule has 0 unspecified atom stereocenters. The van der Waals surface area contributed by atoms with Crippen LogP contribution in [0.25, 0.3) is 0 Å². The van der Waals surface area contributed by atoms with E-state index in [0.717, 1.165) is 5.56 Å². The number of H-pyrrole nitrogens is 1. The molecule has 0 radical (unpaired) electrons. The number of hydrogen-bond acceptors (Lipinski definition) is 4. The van der Waals surface area contributed by atoms with Crippen LogP contribution in [0, 0.1) is 0 Å². The molecule has 2 aromatic heterocycles. The Hall–Kier alpha value is -2.96. The fourth-order valence-electron chi connectivity index (χ4n) is 2.36. The fourth-order valence-corrected chi connectivity index (χ4v) is 2.36. The highest BCUT2D eigenvalue weighted by Gasteiger charge is 2.07. The molecule has 7 heteroatoms. The van der Waals surface area contributed by atoms with Crippen molar-refractivity contribution in [3.05, 3.63) is 80.4 Å². The van der Waals surface area contributed by atoms with Gasteiger partial charge < -0.3 is 0 Å². The Labute approximate surface area is 132 Å². The predicted octanol–water partition coefficient (Wildman–Crippen LogP) is 0.787. The third-order valence-electron chi connectivity index (χ3n) is 3.57. The molecular formula is C16H17N5O2. The molecule has 3 aromatic rings. The van der Waals surface area contributed by atoms with Crippen LogP contribution in [0.5, 0.6) is 0 Å². The minimum absolute atomic E-state index is 0.275. The van der Waals surface area contributed by atoms with Crippen molar-refractivity contribution >= 4 is 0 Å². The first-order valence-electron chi connectivity index (χ1n) is 7.41. The quantitative estimate of drug-likeness (QED) is 0.755. The molecule has 2 heterocycles. The monoisotopic (exact) mass is 311 g/mol. The first-order valence-corrected chi connectivity index (χ1v) is 7.41. The first-order chi connectivity index (χ1) is 11.2. The Morgan fingerprint density at radius 1 is 1.09 bits per heavy atom. The van der Waals surface area contributed by atoms with Crippen molar-refractivity contribution in [2.75, 3.05) is 0 Å². The second-order valence-electron chi connectivity index (χ2n) is 5.29. The first kappa shape index (κ1) is 15.0. The van der Waals surface area contributed by atoms with Crippen LogP contribution in [0.1, 0.15) is 23.7 Å². The van der Waals surface area contributed by atoms with Crippen LogP contribution in [0.15, 0.2) is 52.3 Å². The van der Waals surface area contributed by atoms with E-state index >= 15 is 0 Å². The molecule has 0 amide bonds. The van der Waals surface area contributed by atoms with Gasteiger partial charge >= 0.3 is 5.69 Å². The average molecular weight is 311 g/mol. The van der Waals surface area contributed by atoms with E-state index < -0.39 is 5.69 Å². The fraction of sp³-hybridized carbons (Fsp3) is 0.250. The van der Waals surface area contributed by atoms with Gasteiger partial charge in [0.2, 0.25) is 0 Å². The van der Waals surface area contributed by atoms with Gasteiger partial charge in [-0.05, 0) is 12.0 Å². The largest absolute Gasteiger partial charge is 0.328 e. The van der Waals surface area contributed by atoms with E-state index in [9.17, 15) is 9.59 Å². The summed E-state index contributed by atoms with van der Waals surface area (Å²) >= 11 is 0. The third kappa shape index (κ3) is 3.45. The molecule has 1 aromatic carbocycles. The van der Waals surface area contributed by atoms with Crippen LogP contribution >= 0.6 is 0 Å². The zero-order chi connectivity index (χ0) is 16.2. The standard InChI is InChI=1S/C16H17N5O2/c1-2-13-9-20(16(23)17-15(13)22)10-14-11-21(19-18-14)8-12-6-4-3-5-7-12/h3-7,9,11H,2,8,10H2,1H3,(H,17,22,23). The number of aryl methyl sites for hydroxylation is 1. The average Bonchev–Trinajstić information content (AvgIpc) is 2.98. The van der Waals surface area contributed by atoms with E-state index in [1.54, 1.807) is 17.1 Å². The van der Waals surface area contributed by atoms with Crippen LogP contribution in [0.2, 0.25) is 0 Å². The molecule has 0 bridgehead atoms. The molecule has 0 fully saturated rings. The summed E-state index contributed by atoms with van der Waals surface area (Å²) in [6.45, 7) is 2.77. The van der Waals surface area contributed by atoms with Gasteiger partial charge in [0.1, 0.15) is 5.69 Å². The van der Waals surface area contributed by atoms with Gasteiger partial charge in [-0.1, -0.05) is 42.5 Å². The smallest absolute Gasteiger partial charge is 0.294 e. The maximum atomic E-state index is 11.9. The molecule has 0 aliphatic carbocycles. The van der Waals surface area contributed by atoms with Crippen LogP contribution in [0.3, 0.4) is 0 Å². The molecule has 23 heavy (non-hydrogen) atoms. The minimum Gasteiger partial charge on any atom is -0.294 e. The van der Waals surface area contributed by atoms with Crippen molar-refractivity contribution in [1.82, 2.24) is 24.5 Å². The molecule has 7 nitrogen and oxygen atoms in total. The summed E-state index contributed by atoms with van der Waals surface area (Å²) in [5.41, 5.74) is 1.59. The molecule has 0 aliphatic rings. The van der Waals surface area contributed by atoms with E-state index in [0.29, 0.717) is 24.2 Å². The van der Waals surface area contributed by atoms with Gasteiger partial charge in [-0.15, -0.1) is 5.10 Å². The van der Waals surface area contributed by atoms with Gasteiger partial charge in [-0.25, -0.2) is 9.48 Å². The van der Waals surface area contributed by atoms with E-state index in [4.69, 9.17) is 0 Å². The Bertz CT molecular complexity index is 908. The number of nitrogens with zero attached hydrogens (tertiary/aromatic N) is 4. The van der Waals surface area contributed by atoms with Gasteiger partial charge in [0.05, 0.1) is 19.3 Å². The lowest BCUT2D eigenvalue weighted by Gasteiger charge is -2.04. The second kappa shape index (κ2) is 6.43. The maximum absolute atomic E-state index is 11.9. The van der Waals surface area contributed by atoms with Crippen LogP contribution < -0.4 is 11.2 Å². The number of hydrogen-bond donors (Lipinski definition) is 1. The SMILES string of the molecule is CCc1cn(Cc2cn(Cc3ccccc3)nn2)c(=O)[nH]c1=O. The van der Waals surface area contributed by atoms with Crippen molar-refractivity contribution in [3.63, 3.8) is 0 Å². The minimum atomic E-state index is -0.440. The van der Waals surface area contributed by atoms with Crippen LogP contribution in [0.4, 0.5) is 0 Å². The summed E-state index contributed by atoms with van der Waals surface area (Å²) < 4.78 is 3.17. The van der Waals surface area contributed by atoms with Crippen molar-refractivity contribution in [2.45, 2.75) is 26.4 Å². The summed E-state index contributed by atoms with van der Waals surface area (Å²) in [5.74, 6) is 0. The van der Waals surface area contributed by atoms with Crippen molar-refractivity contribution in [1.29, 1.82) is 0 Å². The molecular weight excluding hydrogens is 294 g/mol. The summed E-state index contributed by atoms with van der Waals surface area (Å²) in [4.78, 5) is 25.8. The summed E-state index contributed by atoms with van der Waals surface area (Å²) in [6, 6.07) is 9.94. The zero-order valence-corrected chi connectivity index (χ0v) is 12.8. The highest BCUT2D eigenvalue weighted by atomic mass is 16.2. The number of rotatable bonds is 5. The summed E-state index contributed by atoms with van der Waals surface area (Å²) in [5, 5.41) is 8.16. The number of aromatic nitrogens is 5. The lowest BCUT2D eigenvalue weighted by atomic mass is 10.2. The maximum Gasteiger partial charge on any atom is 0.328 e. The van der Waals surface area contributed by atoms with Crippen LogP contribution in [-0.4, -0.2) is 24.5 Å². The lowest BCUT2D eigenvalue weighted by molar-refractivity contribution is 0.647. The van der Waals surface area contributed by atoms with E-state index in [-0.39, 0.29) is 12.1 Å². The highest BCUT2D eigenvalue weighted by molar-refractivity contribution is 5.15. The number of benzene rings is 1.